The number of hydrogen-bond acceptors (Lipinski definition) is 2. The van der Waals surface area contributed by atoms with E-state index in [1.165, 1.54) is 0 Å². The highest BCUT2D eigenvalue weighted by Gasteiger charge is 2.31. The predicted octanol–water partition coefficient (Wildman–Crippen LogP) is 4.37. The van der Waals surface area contributed by atoms with E-state index in [2.05, 4.69) is 31.9 Å². The first-order valence-electron chi connectivity index (χ1n) is 7.54. The van der Waals surface area contributed by atoms with Crippen LogP contribution in [0, 0.1) is 0 Å². The van der Waals surface area contributed by atoms with Crippen molar-refractivity contribution in [2.45, 2.75) is 13.0 Å². The Labute approximate surface area is 158 Å². The maximum absolute atomic E-state index is 12.8. The van der Waals surface area contributed by atoms with E-state index < -0.39 is 6.04 Å². The number of rotatable bonds is 3. The standard InChI is InChI=1S/C18H15BrClN3O2/c1-10-15(17(24)22-14-7-5-13(20)6-8-14)16(23-18(25)21-10)11-3-2-4-12(19)9-11/h2-9,16H,1H3,(H,22,24)(H2,21,23,25). The van der Waals surface area contributed by atoms with Gasteiger partial charge >= 0.3 is 6.03 Å². The normalized spacial score (nSPS) is 16.9. The zero-order chi connectivity index (χ0) is 18.0. The molecule has 0 fully saturated rings. The zero-order valence-corrected chi connectivity index (χ0v) is 15.6. The van der Waals surface area contributed by atoms with Gasteiger partial charge in [-0.25, -0.2) is 4.79 Å². The van der Waals surface area contributed by atoms with Crippen molar-refractivity contribution in [2.24, 2.45) is 0 Å². The smallest absolute Gasteiger partial charge is 0.319 e. The molecule has 0 saturated heterocycles. The molecule has 1 unspecified atom stereocenters. The molecule has 3 rings (SSSR count). The van der Waals surface area contributed by atoms with Crippen molar-refractivity contribution < 1.29 is 9.59 Å². The first-order chi connectivity index (χ1) is 11.9. The molecule has 5 nitrogen and oxygen atoms in total. The Balaban J connectivity index is 1.94. The number of halogens is 2. The van der Waals surface area contributed by atoms with Gasteiger partial charge in [-0.05, 0) is 48.9 Å². The van der Waals surface area contributed by atoms with Gasteiger partial charge in [-0.1, -0.05) is 39.7 Å². The van der Waals surface area contributed by atoms with E-state index in [-0.39, 0.29) is 11.9 Å². The fraction of sp³-hybridized carbons (Fsp3) is 0.111. The second-order valence-electron chi connectivity index (χ2n) is 5.59. The van der Waals surface area contributed by atoms with Gasteiger partial charge in [0.05, 0.1) is 11.6 Å². The average Bonchev–Trinajstić information content (AvgIpc) is 2.56. The molecule has 1 atom stereocenters. The second-order valence-corrected chi connectivity index (χ2v) is 6.94. The van der Waals surface area contributed by atoms with Crippen LogP contribution < -0.4 is 16.0 Å². The molecule has 7 heteroatoms. The zero-order valence-electron chi connectivity index (χ0n) is 13.3. The van der Waals surface area contributed by atoms with Crippen LogP contribution in [0.25, 0.3) is 0 Å². The first-order valence-corrected chi connectivity index (χ1v) is 8.72. The van der Waals surface area contributed by atoms with Crippen molar-refractivity contribution >= 4 is 45.2 Å². The van der Waals surface area contributed by atoms with E-state index in [0.717, 1.165) is 10.0 Å². The largest absolute Gasteiger partial charge is 0.327 e. The Morgan fingerprint density at radius 1 is 1.20 bits per heavy atom. The molecule has 25 heavy (non-hydrogen) atoms. The van der Waals surface area contributed by atoms with Crippen LogP contribution in [0.1, 0.15) is 18.5 Å². The monoisotopic (exact) mass is 419 g/mol. The van der Waals surface area contributed by atoms with Gasteiger partial charge in [0.25, 0.3) is 5.91 Å². The number of hydrogen-bond donors (Lipinski definition) is 3. The van der Waals surface area contributed by atoms with Gasteiger partial charge < -0.3 is 16.0 Å². The van der Waals surface area contributed by atoms with Gasteiger partial charge in [0.15, 0.2) is 0 Å². The molecule has 1 aliphatic heterocycles. The van der Waals surface area contributed by atoms with Crippen molar-refractivity contribution in [3.8, 4) is 0 Å². The summed E-state index contributed by atoms with van der Waals surface area (Å²) in [5, 5.41) is 8.89. The molecular weight excluding hydrogens is 406 g/mol. The summed E-state index contributed by atoms with van der Waals surface area (Å²) in [7, 11) is 0. The number of allylic oxidation sites excluding steroid dienone is 1. The molecule has 1 aliphatic rings. The van der Waals surface area contributed by atoms with Crippen molar-refractivity contribution in [1.29, 1.82) is 0 Å². The highest BCUT2D eigenvalue weighted by Crippen LogP contribution is 2.29. The summed E-state index contributed by atoms with van der Waals surface area (Å²) in [5.74, 6) is -0.294. The number of amides is 3. The molecule has 2 aromatic rings. The lowest BCUT2D eigenvalue weighted by Gasteiger charge is -2.28. The van der Waals surface area contributed by atoms with Gasteiger partial charge in [0.2, 0.25) is 0 Å². The average molecular weight is 421 g/mol. The van der Waals surface area contributed by atoms with Crippen LogP contribution in [0.15, 0.2) is 64.3 Å². The summed E-state index contributed by atoms with van der Waals surface area (Å²) in [4.78, 5) is 24.7. The number of nitrogens with one attached hydrogen (secondary N) is 3. The molecule has 3 amide bonds. The molecule has 0 radical (unpaired) electrons. The minimum Gasteiger partial charge on any atom is -0.327 e. The fourth-order valence-corrected chi connectivity index (χ4v) is 3.21. The van der Waals surface area contributed by atoms with Gasteiger partial charge in [-0.15, -0.1) is 0 Å². The molecule has 0 aliphatic carbocycles. The SMILES string of the molecule is CC1=C(C(=O)Nc2ccc(Cl)cc2)C(c2cccc(Br)c2)NC(=O)N1. The highest BCUT2D eigenvalue weighted by atomic mass is 79.9. The van der Waals surface area contributed by atoms with Crippen LogP contribution in [-0.4, -0.2) is 11.9 Å². The van der Waals surface area contributed by atoms with E-state index in [4.69, 9.17) is 11.6 Å². The minimum atomic E-state index is -0.543. The van der Waals surface area contributed by atoms with E-state index in [1.807, 2.05) is 24.3 Å². The summed E-state index contributed by atoms with van der Waals surface area (Å²) in [6.45, 7) is 1.71. The van der Waals surface area contributed by atoms with Crippen molar-refractivity contribution in [3.63, 3.8) is 0 Å². The molecule has 0 bridgehead atoms. The van der Waals surface area contributed by atoms with Crippen LogP contribution >= 0.6 is 27.5 Å². The lowest BCUT2D eigenvalue weighted by atomic mass is 9.95. The van der Waals surface area contributed by atoms with Crippen LogP contribution in [0.2, 0.25) is 5.02 Å². The number of carbonyl (C=O) groups excluding carboxylic acids is 2. The number of urea groups is 1. The van der Waals surface area contributed by atoms with Crippen LogP contribution in [0.3, 0.4) is 0 Å². The predicted molar refractivity (Wildman–Crippen MR) is 101 cm³/mol. The summed E-state index contributed by atoms with van der Waals surface area (Å²) in [5.41, 5.74) is 2.40. The lowest BCUT2D eigenvalue weighted by Crippen LogP contribution is -2.45. The van der Waals surface area contributed by atoms with Crippen molar-refractivity contribution in [2.75, 3.05) is 5.32 Å². The van der Waals surface area contributed by atoms with Gasteiger partial charge in [0.1, 0.15) is 0 Å². The topological polar surface area (TPSA) is 70.2 Å². The molecule has 0 saturated carbocycles. The molecule has 1 heterocycles. The third-order valence-corrected chi connectivity index (χ3v) is 4.54. The number of carbonyl (C=O) groups is 2. The summed E-state index contributed by atoms with van der Waals surface area (Å²) in [6, 6.07) is 13.4. The van der Waals surface area contributed by atoms with Gasteiger partial charge in [-0.3, -0.25) is 4.79 Å². The molecule has 128 valence electrons. The molecule has 0 aromatic heterocycles. The lowest BCUT2D eigenvalue weighted by molar-refractivity contribution is -0.113. The maximum atomic E-state index is 12.8. The minimum absolute atomic E-state index is 0.294. The quantitative estimate of drug-likeness (QED) is 0.690. The summed E-state index contributed by atoms with van der Waals surface area (Å²) >= 11 is 9.29. The Kier molecular flexibility index (Phi) is 5.11. The number of anilines is 1. The van der Waals surface area contributed by atoms with Gasteiger partial charge in [0, 0.05) is 20.9 Å². The van der Waals surface area contributed by atoms with Crippen LogP contribution in [0.4, 0.5) is 10.5 Å². The third kappa shape index (κ3) is 4.03. The van der Waals surface area contributed by atoms with Crippen LogP contribution in [-0.2, 0) is 4.79 Å². The highest BCUT2D eigenvalue weighted by molar-refractivity contribution is 9.10. The van der Waals surface area contributed by atoms with Crippen molar-refractivity contribution in [1.82, 2.24) is 10.6 Å². The van der Waals surface area contributed by atoms with Crippen molar-refractivity contribution in [3.05, 3.63) is 74.9 Å². The third-order valence-electron chi connectivity index (χ3n) is 3.80. The van der Waals surface area contributed by atoms with E-state index in [1.54, 1.807) is 31.2 Å². The molecule has 3 N–H and O–H groups in total. The Hall–Kier alpha value is -2.31. The van der Waals surface area contributed by atoms with Gasteiger partial charge in [-0.2, -0.15) is 0 Å². The Morgan fingerprint density at radius 2 is 1.92 bits per heavy atom. The Bertz CT molecular complexity index is 865. The second kappa shape index (κ2) is 7.29. The van der Waals surface area contributed by atoms with E-state index >= 15 is 0 Å². The summed E-state index contributed by atoms with van der Waals surface area (Å²) < 4.78 is 0.868. The number of benzene rings is 2. The summed E-state index contributed by atoms with van der Waals surface area (Å²) in [6.07, 6.45) is 0. The van der Waals surface area contributed by atoms with E-state index in [9.17, 15) is 9.59 Å². The fourth-order valence-electron chi connectivity index (χ4n) is 2.66. The molecule has 2 aromatic carbocycles. The molecular formula is C18H15BrClN3O2. The van der Waals surface area contributed by atoms with E-state index in [0.29, 0.717) is 22.0 Å². The van der Waals surface area contributed by atoms with Crippen LogP contribution in [0.5, 0.6) is 0 Å². The first kappa shape index (κ1) is 17.5. The maximum Gasteiger partial charge on any atom is 0.319 e. The Morgan fingerprint density at radius 3 is 2.60 bits per heavy atom. The molecule has 0 spiro atoms.